The number of aliphatic imine (C=N–C) groups is 1. The minimum absolute atomic E-state index is 0.0451. The minimum Gasteiger partial charge on any atom is -0.373 e. The van der Waals surface area contributed by atoms with Crippen molar-refractivity contribution in [3.63, 3.8) is 0 Å². The number of carbonyl (C=O) groups is 1. The fourth-order valence-electron chi connectivity index (χ4n) is 3.72. The Hall–Kier alpha value is -2.12. The van der Waals surface area contributed by atoms with Crippen LogP contribution in [0.25, 0.3) is 0 Å². The van der Waals surface area contributed by atoms with Crippen LogP contribution in [0.3, 0.4) is 0 Å². The van der Waals surface area contributed by atoms with E-state index in [4.69, 9.17) is 9.73 Å². The number of rotatable bonds is 8. The van der Waals surface area contributed by atoms with Crippen molar-refractivity contribution in [1.29, 1.82) is 0 Å². The van der Waals surface area contributed by atoms with Crippen molar-refractivity contribution in [2.75, 3.05) is 39.8 Å². The summed E-state index contributed by atoms with van der Waals surface area (Å²) < 4.78 is 5.87. The predicted molar refractivity (Wildman–Crippen MR) is 123 cm³/mol. The maximum Gasteiger partial charge on any atom is 0.251 e. The van der Waals surface area contributed by atoms with Crippen LogP contribution in [0.4, 0.5) is 0 Å². The monoisotopic (exact) mass is 417 g/mol. The fourth-order valence-corrected chi connectivity index (χ4v) is 3.72. The molecule has 3 N–H and O–H groups in total. The summed E-state index contributed by atoms with van der Waals surface area (Å²) >= 11 is 0. The number of hydrogen-bond acceptors (Lipinski definition) is 4. The van der Waals surface area contributed by atoms with Gasteiger partial charge in [0.15, 0.2) is 5.96 Å². The standard InChI is InChI=1S/C23H39N5O2/c1-7-25-22(26-12-11-19-9-8-10-20(13-19)21(29)24-6)27-16-23(4,5)28-14-17(2)30-18(3)15-28/h8-10,13,17-18H,7,11-12,14-16H2,1-6H3,(H,24,29)(H2,25,26,27). The first-order valence-corrected chi connectivity index (χ1v) is 11.0. The van der Waals surface area contributed by atoms with Crippen LogP contribution >= 0.6 is 0 Å². The summed E-state index contributed by atoms with van der Waals surface area (Å²) in [4.78, 5) is 19.1. The lowest BCUT2D eigenvalue weighted by molar-refractivity contribution is -0.0939. The van der Waals surface area contributed by atoms with Gasteiger partial charge >= 0.3 is 0 Å². The van der Waals surface area contributed by atoms with Crippen LogP contribution in [-0.2, 0) is 11.2 Å². The van der Waals surface area contributed by atoms with Crippen molar-refractivity contribution < 1.29 is 9.53 Å². The SMILES string of the molecule is CCNC(=NCC(C)(C)N1CC(C)OC(C)C1)NCCc1cccc(C(=O)NC)c1. The van der Waals surface area contributed by atoms with E-state index in [1.165, 1.54) is 0 Å². The quantitative estimate of drug-likeness (QED) is 0.446. The number of benzene rings is 1. The molecule has 0 bridgehead atoms. The highest BCUT2D eigenvalue weighted by Crippen LogP contribution is 2.21. The summed E-state index contributed by atoms with van der Waals surface area (Å²) in [5, 5.41) is 9.42. The summed E-state index contributed by atoms with van der Waals surface area (Å²) in [5.41, 5.74) is 1.76. The highest BCUT2D eigenvalue weighted by molar-refractivity contribution is 5.94. The molecule has 30 heavy (non-hydrogen) atoms. The maximum absolute atomic E-state index is 11.8. The first-order chi connectivity index (χ1) is 14.2. The molecule has 0 spiro atoms. The molecule has 0 aromatic heterocycles. The van der Waals surface area contributed by atoms with Crippen molar-refractivity contribution in [3.05, 3.63) is 35.4 Å². The second-order valence-corrected chi connectivity index (χ2v) is 8.63. The molecular weight excluding hydrogens is 378 g/mol. The molecule has 1 aliphatic heterocycles. The molecule has 7 nitrogen and oxygen atoms in total. The fraction of sp³-hybridized carbons (Fsp3) is 0.652. The molecule has 2 unspecified atom stereocenters. The van der Waals surface area contributed by atoms with Crippen molar-refractivity contribution in [2.24, 2.45) is 4.99 Å². The van der Waals surface area contributed by atoms with E-state index < -0.39 is 0 Å². The molecule has 0 radical (unpaired) electrons. The molecule has 0 aliphatic carbocycles. The van der Waals surface area contributed by atoms with Crippen LogP contribution in [0.2, 0.25) is 0 Å². The smallest absolute Gasteiger partial charge is 0.251 e. The van der Waals surface area contributed by atoms with Gasteiger partial charge in [-0.05, 0) is 58.7 Å². The molecule has 2 rings (SSSR count). The highest BCUT2D eigenvalue weighted by atomic mass is 16.5. The molecule has 1 amide bonds. The zero-order valence-corrected chi connectivity index (χ0v) is 19.4. The zero-order chi connectivity index (χ0) is 22.1. The summed E-state index contributed by atoms with van der Waals surface area (Å²) in [6.07, 6.45) is 1.31. The summed E-state index contributed by atoms with van der Waals surface area (Å²) in [5.74, 6) is 0.760. The van der Waals surface area contributed by atoms with E-state index in [2.05, 4.69) is 55.5 Å². The molecule has 7 heteroatoms. The Morgan fingerprint density at radius 2 is 1.93 bits per heavy atom. The van der Waals surface area contributed by atoms with Gasteiger partial charge in [-0.1, -0.05) is 12.1 Å². The van der Waals surface area contributed by atoms with Gasteiger partial charge in [0.1, 0.15) is 0 Å². The summed E-state index contributed by atoms with van der Waals surface area (Å²) in [6, 6.07) is 7.74. The van der Waals surface area contributed by atoms with Crippen molar-refractivity contribution in [3.8, 4) is 0 Å². The minimum atomic E-state index is -0.0614. The first-order valence-electron chi connectivity index (χ1n) is 11.0. The van der Waals surface area contributed by atoms with Gasteiger partial charge in [-0.15, -0.1) is 0 Å². The van der Waals surface area contributed by atoms with E-state index in [0.717, 1.165) is 44.1 Å². The zero-order valence-electron chi connectivity index (χ0n) is 19.4. The lowest BCUT2D eigenvalue weighted by Gasteiger charge is -2.44. The van der Waals surface area contributed by atoms with Gasteiger partial charge in [0.2, 0.25) is 0 Å². The first kappa shape index (κ1) is 24.2. The van der Waals surface area contributed by atoms with Gasteiger partial charge in [0.05, 0.1) is 18.8 Å². The average Bonchev–Trinajstić information content (AvgIpc) is 2.71. The Morgan fingerprint density at radius 1 is 1.23 bits per heavy atom. The number of nitrogens with zero attached hydrogens (tertiary/aromatic N) is 2. The molecule has 2 atom stereocenters. The number of hydrogen-bond donors (Lipinski definition) is 3. The number of amides is 1. The Balaban J connectivity index is 1.93. The molecular formula is C23H39N5O2. The molecule has 1 saturated heterocycles. The van der Waals surface area contributed by atoms with E-state index >= 15 is 0 Å². The van der Waals surface area contributed by atoms with Crippen molar-refractivity contribution >= 4 is 11.9 Å². The Labute approximate surface area is 181 Å². The molecule has 1 aromatic carbocycles. The third kappa shape index (κ3) is 7.29. The Kier molecular flexibility index (Phi) is 9.11. The lowest BCUT2D eigenvalue weighted by Crippen LogP contribution is -2.56. The van der Waals surface area contributed by atoms with E-state index in [9.17, 15) is 4.79 Å². The third-order valence-electron chi connectivity index (χ3n) is 5.37. The number of ether oxygens (including phenoxy) is 1. The summed E-state index contributed by atoms with van der Waals surface area (Å²) in [7, 11) is 1.65. The summed E-state index contributed by atoms with van der Waals surface area (Å²) in [6.45, 7) is 14.9. The number of carbonyl (C=O) groups excluding carboxylic acids is 1. The Morgan fingerprint density at radius 3 is 2.57 bits per heavy atom. The molecule has 0 saturated carbocycles. The highest BCUT2D eigenvalue weighted by Gasteiger charge is 2.33. The second-order valence-electron chi connectivity index (χ2n) is 8.63. The van der Waals surface area contributed by atoms with E-state index in [0.29, 0.717) is 12.1 Å². The van der Waals surface area contributed by atoms with E-state index in [1.54, 1.807) is 7.05 Å². The maximum atomic E-state index is 11.8. The average molecular weight is 418 g/mol. The van der Waals surface area contributed by atoms with Gasteiger partial charge in [0, 0.05) is 44.3 Å². The van der Waals surface area contributed by atoms with Crippen LogP contribution < -0.4 is 16.0 Å². The van der Waals surface area contributed by atoms with Gasteiger partial charge in [-0.25, -0.2) is 0 Å². The number of nitrogens with one attached hydrogen (secondary N) is 3. The van der Waals surface area contributed by atoms with Crippen LogP contribution in [-0.4, -0.2) is 74.3 Å². The van der Waals surface area contributed by atoms with Crippen LogP contribution in [0, 0.1) is 0 Å². The third-order valence-corrected chi connectivity index (χ3v) is 5.37. The number of guanidine groups is 1. The van der Waals surface area contributed by atoms with Crippen LogP contribution in [0.5, 0.6) is 0 Å². The van der Waals surface area contributed by atoms with Gasteiger partial charge in [-0.3, -0.25) is 14.7 Å². The molecule has 1 heterocycles. The van der Waals surface area contributed by atoms with E-state index in [-0.39, 0.29) is 23.7 Å². The van der Waals surface area contributed by atoms with Gasteiger partial charge in [-0.2, -0.15) is 0 Å². The van der Waals surface area contributed by atoms with Crippen molar-refractivity contribution in [2.45, 2.75) is 58.8 Å². The lowest BCUT2D eigenvalue weighted by atomic mass is 10.0. The topological polar surface area (TPSA) is 78.0 Å². The van der Waals surface area contributed by atoms with E-state index in [1.807, 2.05) is 24.3 Å². The number of morpholine rings is 1. The molecule has 168 valence electrons. The Bertz CT molecular complexity index is 709. The van der Waals surface area contributed by atoms with Crippen LogP contribution in [0.15, 0.2) is 29.3 Å². The molecule has 1 aliphatic rings. The van der Waals surface area contributed by atoms with Crippen LogP contribution in [0.1, 0.15) is 50.5 Å². The predicted octanol–water partition coefficient (Wildman–Crippen LogP) is 2.03. The van der Waals surface area contributed by atoms with Crippen molar-refractivity contribution in [1.82, 2.24) is 20.9 Å². The second kappa shape index (κ2) is 11.3. The molecule has 1 fully saturated rings. The normalized spacial score (nSPS) is 20.7. The van der Waals surface area contributed by atoms with Gasteiger partial charge < -0.3 is 20.7 Å². The van der Waals surface area contributed by atoms with Gasteiger partial charge in [0.25, 0.3) is 5.91 Å². The largest absolute Gasteiger partial charge is 0.373 e. The molecule has 1 aromatic rings.